The minimum Gasteiger partial charge on any atom is -0.462 e. The Hall–Kier alpha value is -4.17. The van der Waals surface area contributed by atoms with E-state index in [-0.39, 0.29) is 24.4 Å². The maximum absolute atomic E-state index is 13.8. The van der Waals surface area contributed by atoms with Crippen LogP contribution in [0.15, 0.2) is 65.5 Å². The largest absolute Gasteiger partial charge is 0.514 e. The van der Waals surface area contributed by atoms with Crippen molar-refractivity contribution in [2.24, 2.45) is 0 Å². The lowest BCUT2D eigenvalue weighted by Crippen LogP contribution is -2.27. The van der Waals surface area contributed by atoms with Crippen LogP contribution < -0.4 is 10.3 Å². The van der Waals surface area contributed by atoms with Crippen molar-refractivity contribution in [2.45, 2.75) is 27.4 Å². The molecule has 0 fully saturated rings. The minimum atomic E-state index is -0.953. The first kappa shape index (κ1) is 24.9. The number of aromatic nitrogens is 2. The molecule has 0 atom stereocenters. The predicted molar refractivity (Wildman–Crippen MR) is 135 cm³/mol. The third kappa shape index (κ3) is 4.94. The molecule has 0 saturated heterocycles. The Labute approximate surface area is 212 Å². The van der Waals surface area contributed by atoms with Gasteiger partial charge in [0, 0.05) is 0 Å². The van der Waals surface area contributed by atoms with Gasteiger partial charge < -0.3 is 14.2 Å². The number of aryl methyl sites for hydroxylation is 2. The van der Waals surface area contributed by atoms with Crippen LogP contribution in [0.1, 0.15) is 34.2 Å². The van der Waals surface area contributed by atoms with Crippen molar-refractivity contribution in [3.05, 3.63) is 98.6 Å². The van der Waals surface area contributed by atoms with E-state index in [1.54, 1.807) is 81.4 Å². The van der Waals surface area contributed by atoms with E-state index in [4.69, 9.17) is 25.8 Å². The highest BCUT2D eigenvalue weighted by Gasteiger charge is 2.23. The molecular weight excluding hydrogens is 484 g/mol. The van der Waals surface area contributed by atoms with Crippen LogP contribution in [-0.4, -0.2) is 28.3 Å². The van der Waals surface area contributed by atoms with Crippen LogP contribution in [0.5, 0.6) is 5.75 Å². The van der Waals surface area contributed by atoms with Crippen molar-refractivity contribution < 1.29 is 23.8 Å². The van der Waals surface area contributed by atoms with E-state index >= 15 is 0 Å². The summed E-state index contributed by atoms with van der Waals surface area (Å²) in [6, 6.07) is 16.8. The van der Waals surface area contributed by atoms with E-state index in [1.165, 1.54) is 4.57 Å². The van der Waals surface area contributed by atoms with Gasteiger partial charge in [0.2, 0.25) is 0 Å². The van der Waals surface area contributed by atoms with Crippen molar-refractivity contribution in [1.29, 1.82) is 0 Å². The molecule has 8 nitrogen and oxygen atoms in total. The molecule has 36 heavy (non-hydrogen) atoms. The molecule has 1 aromatic heterocycles. The Kier molecular flexibility index (Phi) is 7.36. The molecule has 0 spiro atoms. The molecule has 184 valence electrons. The number of nitrogens with zero attached hydrogens (tertiary/aromatic N) is 2. The maximum atomic E-state index is 13.8. The summed E-state index contributed by atoms with van der Waals surface area (Å²) in [5.41, 5.74) is 1.59. The summed E-state index contributed by atoms with van der Waals surface area (Å²) in [7, 11) is 0. The summed E-state index contributed by atoms with van der Waals surface area (Å²) in [5.74, 6) is -0.0716. The molecule has 0 bridgehead atoms. The second kappa shape index (κ2) is 10.6. The number of hydrogen-bond donors (Lipinski definition) is 0. The highest BCUT2D eigenvalue weighted by molar-refractivity contribution is 6.32. The second-order valence-electron chi connectivity index (χ2n) is 7.88. The van der Waals surface area contributed by atoms with Crippen molar-refractivity contribution in [1.82, 2.24) is 9.55 Å². The van der Waals surface area contributed by atoms with E-state index in [2.05, 4.69) is 4.98 Å². The number of carbonyl (C=O) groups is 2. The van der Waals surface area contributed by atoms with E-state index in [1.807, 2.05) is 0 Å². The molecule has 0 amide bonds. The van der Waals surface area contributed by atoms with Crippen molar-refractivity contribution in [3.8, 4) is 11.4 Å². The lowest BCUT2D eigenvalue weighted by Gasteiger charge is -2.17. The number of ether oxygens (including phenoxy) is 3. The van der Waals surface area contributed by atoms with Crippen LogP contribution in [0.25, 0.3) is 16.6 Å². The fraction of sp³-hybridized carbons (Fsp3) is 0.185. The first-order valence-electron chi connectivity index (χ1n) is 11.2. The zero-order valence-corrected chi connectivity index (χ0v) is 20.7. The third-order valence-corrected chi connectivity index (χ3v) is 5.83. The smallest absolute Gasteiger partial charge is 0.462 e. The predicted octanol–water partition coefficient (Wildman–Crippen LogP) is 5.55. The van der Waals surface area contributed by atoms with Gasteiger partial charge in [-0.05, 0) is 62.2 Å². The lowest BCUT2D eigenvalue weighted by molar-refractivity contribution is 0.0524. The number of fused-ring (bicyclic) bond motifs is 1. The topological polar surface area (TPSA) is 96.7 Å². The first-order chi connectivity index (χ1) is 17.3. The summed E-state index contributed by atoms with van der Waals surface area (Å²) in [4.78, 5) is 43.4. The molecule has 0 aliphatic rings. The average Bonchev–Trinajstić information content (AvgIpc) is 2.84. The molecule has 4 aromatic rings. The van der Waals surface area contributed by atoms with Gasteiger partial charge >= 0.3 is 12.1 Å². The zero-order valence-electron chi connectivity index (χ0n) is 19.9. The second-order valence-corrected chi connectivity index (χ2v) is 8.29. The van der Waals surface area contributed by atoms with Crippen LogP contribution in [0, 0.1) is 13.8 Å². The lowest BCUT2D eigenvalue weighted by atomic mass is 9.98. The van der Waals surface area contributed by atoms with Gasteiger partial charge in [0.25, 0.3) is 5.56 Å². The van der Waals surface area contributed by atoms with Crippen molar-refractivity contribution in [2.75, 3.05) is 6.61 Å². The van der Waals surface area contributed by atoms with Gasteiger partial charge in [-0.3, -0.25) is 9.36 Å². The van der Waals surface area contributed by atoms with E-state index in [0.717, 1.165) is 0 Å². The monoisotopic (exact) mass is 506 g/mol. The molecule has 0 N–H and O–H groups in total. The molecule has 0 saturated carbocycles. The van der Waals surface area contributed by atoms with Crippen LogP contribution >= 0.6 is 11.6 Å². The molecule has 3 aromatic carbocycles. The van der Waals surface area contributed by atoms with Crippen LogP contribution in [0.4, 0.5) is 4.79 Å². The van der Waals surface area contributed by atoms with E-state index < -0.39 is 17.7 Å². The SMILES string of the molecule is CCOC(=O)c1c(C)cc2nc(COC(=O)Oc3ccccc3)n(-c3ccccc3Cl)c(=O)c2c1C. The maximum Gasteiger partial charge on any atom is 0.514 e. The number of para-hydroxylation sites is 2. The van der Waals surface area contributed by atoms with Crippen molar-refractivity contribution in [3.63, 3.8) is 0 Å². The Morgan fingerprint density at radius 2 is 1.69 bits per heavy atom. The van der Waals surface area contributed by atoms with E-state index in [0.29, 0.717) is 38.7 Å². The number of rotatable bonds is 6. The normalized spacial score (nSPS) is 10.8. The minimum absolute atomic E-state index is 0.133. The third-order valence-electron chi connectivity index (χ3n) is 5.51. The molecule has 4 rings (SSSR count). The number of esters is 1. The van der Waals surface area contributed by atoms with Gasteiger partial charge in [0.05, 0.1) is 33.8 Å². The number of halogens is 1. The summed E-state index contributed by atoms with van der Waals surface area (Å²) in [5, 5.41) is 0.531. The first-order valence-corrected chi connectivity index (χ1v) is 11.6. The average molecular weight is 507 g/mol. The van der Waals surface area contributed by atoms with Crippen LogP contribution in [0.2, 0.25) is 5.02 Å². The summed E-state index contributed by atoms with van der Waals surface area (Å²) in [6.07, 6.45) is -0.953. The fourth-order valence-electron chi connectivity index (χ4n) is 3.97. The fourth-order valence-corrected chi connectivity index (χ4v) is 4.19. The molecule has 0 unspecified atom stereocenters. The molecule has 9 heteroatoms. The zero-order chi connectivity index (χ0) is 25.8. The van der Waals surface area contributed by atoms with Gasteiger partial charge in [-0.15, -0.1) is 0 Å². The van der Waals surface area contributed by atoms with Crippen molar-refractivity contribution >= 4 is 34.6 Å². The molecule has 0 aliphatic heterocycles. The van der Waals surface area contributed by atoms with Crippen LogP contribution in [-0.2, 0) is 16.1 Å². The highest BCUT2D eigenvalue weighted by atomic mass is 35.5. The van der Waals surface area contributed by atoms with Gasteiger partial charge in [-0.1, -0.05) is 41.9 Å². The Morgan fingerprint density at radius 1 is 1.00 bits per heavy atom. The van der Waals surface area contributed by atoms with Gasteiger partial charge in [-0.25, -0.2) is 14.6 Å². The summed E-state index contributed by atoms with van der Waals surface area (Å²) >= 11 is 6.42. The number of benzene rings is 3. The van der Waals surface area contributed by atoms with Gasteiger partial charge in [-0.2, -0.15) is 0 Å². The number of hydrogen-bond acceptors (Lipinski definition) is 7. The van der Waals surface area contributed by atoms with Gasteiger partial charge in [0.15, 0.2) is 12.4 Å². The highest BCUT2D eigenvalue weighted by Crippen LogP contribution is 2.26. The molecule has 0 radical (unpaired) electrons. The van der Waals surface area contributed by atoms with Gasteiger partial charge in [0.1, 0.15) is 5.75 Å². The molecule has 0 aliphatic carbocycles. The Bertz CT molecular complexity index is 1510. The standard InChI is InChI=1S/C27H23ClN2O6/c1-4-34-26(32)23-16(2)14-20-24(17(23)3)25(31)30(21-13-9-8-12-19(21)28)22(29-20)15-35-27(33)36-18-10-6-5-7-11-18/h5-14H,4,15H2,1-3H3. The van der Waals surface area contributed by atoms with Crippen LogP contribution in [0.3, 0.4) is 0 Å². The van der Waals surface area contributed by atoms with E-state index in [9.17, 15) is 14.4 Å². The summed E-state index contributed by atoms with van der Waals surface area (Å²) in [6.45, 7) is 4.97. The number of carbonyl (C=O) groups excluding carboxylic acids is 2. The molecule has 1 heterocycles. The Morgan fingerprint density at radius 3 is 2.39 bits per heavy atom. The Balaban J connectivity index is 1.84. The quantitative estimate of drug-likeness (QED) is 0.250. The summed E-state index contributed by atoms with van der Waals surface area (Å²) < 4.78 is 16.9. The molecular formula is C27H23ClN2O6.